The highest BCUT2D eigenvalue weighted by Crippen LogP contribution is 2.34. The SMILES string of the molecule is O=C(CCCOc1ccccc1)N1CCO[C@H]2C[C@H](CO)C[C@@H]21. The zero-order valence-electron chi connectivity index (χ0n) is 13.4. The zero-order chi connectivity index (χ0) is 16.1. The predicted octanol–water partition coefficient (Wildman–Crippen LogP) is 1.84. The molecule has 1 amide bonds. The summed E-state index contributed by atoms with van der Waals surface area (Å²) in [5, 5.41) is 9.34. The molecule has 0 radical (unpaired) electrons. The molecule has 1 saturated carbocycles. The van der Waals surface area contributed by atoms with E-state index < -0.39 is 0 Å². The van der Waals surface area contributed by atoms with Crippen LogP contribution in [0, 0.1) is 5.92 Å². The zero-order valence-corrected chi connectivity index (χ0v) is 13.4. The van der Waals surface area contributed by atoms with E-state index in [9.17, 15) is 9.90 Å². The van der Waals surface area contributed by atoms with Crippen LogP contribution in [0.1, 0.15) is 25.7 Å². The topological polar surface area (TPSA) is 59.0 Å². The fourth-order valence-electron chi connectivity index (χ4n) is 3.58. The number of nitrogens with zero attached hydrogens (tertiary/aromatic N) is 1. The van der Waals surface area contributed by atoms with Crippen molar-refractivity contribution in [1.29, 1.82) is 0 Å². The quantitative estimate of drug-likeness (QED) is 0.813. The Labute approximate surface area is 137 Å². The monoisotopic (exact) mass is 319 g/mol. The first kappa shape index (κ1) is 16.3. The molecule has 5 heteroatoms. The lowest BCUT2D eigenvalue weighted by atomic mass is 10.1. The van der Waals surface area contributed by atoms with Crippen molar-refractivity contribution in [3.05, 3.63) is 30.3 Å². The van der Waals surface area contributed by atoms with Crippen molar-refractivity contribution in [2.24, 2.45) is 5.92 Å². The van der Waals surface area contributed by atoms with Crippen molar-refractivity contribution in [3.8, 4) is 5.75 Å². The van der Waals surface area contributed by atoms with Crippen LogP contribution in [-0.2, 0) is 9.53 Å². The first-order chi connectivity index (χ1) is 11.3. The molecule has 0 bridgehead atoms. The van der Waals surface area contributed by atoms with Gasteiger partial charge in [-0.2, -0.15) is 0 Å². The van der Waals surface area contributed by atoms with Gasteiger partial charge in [-0.3, -0.25) is 4.79 Å². The summed E-state index contributed by atoms with van der Waals surface area (Å²) in [6, 6.07) is 9.80. The summed E-state index contributed by atoms with van der Waals surface area (Å²) in [5.74, 6) is 1.28. The van der Waals surface area contributed by atoms with E-state index >= 15 is 0 Å². The molecule has 0 spiro atoms. The highest BCUT2D eigenvalue weighted by molar-refractivity contribution is 5.76. The molecule has 0 aromatic heterocycles. The van der Waals surface area contributed by atoms with Gasteiger partial charge in [-0.15, -0.1) is 0 Å². The van der Waals surface area contributed by atoms with Crippen LogP contribution < -0.4 is 4.74 Å². The van der Waals surface area contributed by atoms with E-state index in [0.717, 1.165) is 18.6 Å². The number of morpholine rings is 1. The molecular weight excluding hydrogens is 294 g/mol. The number of hydrogen-bond acceptors (Lipinski definition) is 4. The molecule has 1 saturated heterocycles. The number of aliphatic hydroxyl groups excluding tert-OH is 1. The van der Waals surface area contributed by atoms with Gasteiger partial charge in [0.15, 0.2) is 0 Å². The standard InChI is InChI=1S/C18H25NO4/c20-13-14-11-16-17(12-14)23-10-8-19(16)18(21)7-4-9-22-15-5-2-1-3-6-15/h1-3,5-6,14,16-17,20H,4,7-13H2/t14-,16+,17+/m1/s1. The summed E-state index contributed by atoms with van der Waals surface area (Å²) in [5.41, 5.74) is 0. The number of carbonyl (C=O) groups excluding carboxylic acids is 1. The number of aliphatic hydroxyl groups is 1. The molecule has 1 aromatic carbocycles. The van der Waals surface area contributed by atoms with E-state index in [1.807, 2.05) is 35.2 Å². The Kier molecular flexibility index (Phi) is 5.51. The number of amides is 1. The summed E-state index contributed by atoms with van der Waals surface area (Å²) in [4.78, 5) is 14.5. The van der Waals surface area contributed by atoms with Gasteiger partial charge in [0, 0.05) is 19.6 Å². The van der Waals surface area contributed by atoms with Crippen LogP contribution in [0.3, 0.4) is 0 Å². The number of rotatable bonds is 6. The summed E-state index contributed by atoms with van der Waals surface area (Å²) < 4.78 is 11.4. The Hall–Kier alpha value is -1.59. The lowest BCUT2D eigenvalue weighted by Gasteiger charge is -2.37. The summed E-state index contributed by atoms with van der Waals surface area (Å²) in [6.45, 7) is 2.00. The molecule has 1 heterocycles. The maximum atomic E-state index is 12.5. The number of hydrogen-bond donors (Lipinski definition) is 1. The Balaban J connectivity index is 1.44. The average molecular weight is 319 g/mol. The van der Waals surface area contributed by atoms with Crippen molar-refractivity contribution in [2.45, 2.75) is 37.8 Å². The third-order valence-electron chi connectivity index (χ3n) is 4.76. The van der Waals surface area contributed by atoms with Gasteiger partial charge >= 0.3 is 0 Å². The molecule has 1 aromatic rings. The minimum absolute atomic E-state index is 0.102. The van der Waals surface area contributed by atoms with Gasteiger partial charge in [0.1, 0.15) is 5.75 Å². The number of ether oxygens (including phenoxy) is 2. The summed E-state index contributed by atoms with van der Waals surface area (Å²) >= 11 is 0. The minimum atomic E-state index is 0.102. The number of carbonyl (C=O) groups is 1. The van der Waals surface area contributed by atoms with Crippen LogP contribution in [0.4, 0.5) is 0 Å². The highest BCUT2D eigenvalue weighted by Gasteiger charge is 2.42. The Bertz CT molecular complexity index is 507. The summed E-state index contributed by atoms with van der Waals surface area (Å²) in [6.07, 6.45) is 3.03. The molecule has 1 aliphatic carbocycles. The molecular formula is C18H25NO4. The second-order valence-electron chi connectivity index (χ2n) is 6.35. The predicted molar refractivity (Wildman–Crippen MR) is 86.2 cm³/mol. The fourth-order valence-corrected chi connectivity index (χ4v) is 3.58. The van der Waals surface area contributed by atoms with Crippen LogP contribution in [0.5, 0.6) is 5.75 Å². The molecule has 1 N–H and O–H groups in total. The van der Waals surface area contributed by atoms with E-state index in [1.54, 1.807) is 0 Å². The molecule has 126 valence electrons. The van der Waals surface area contributed by atoms with E-state index in [1.165, 1.54) is 0 Å². The minimum Gasteiger partial charge on any atom is -0.494 e. The van der Waals surface area contributed by atoms with Crippen LogP contribution in [0.25, 0.3) is 0 Å². The second kappa shape index (κ2) is 7.79. The van der Waals surface area contributed by atoms with Gasteiger partial charge < -0.3 is 19.5 Å². The van der Waals surface area contributed by atoms with Crippen LogP contribution >= 0.6 is 0 Å². The number of fused-ring (bicyclic) bond motifs is 1. The largest absolute Gasteiger partial charge is 0.494 e. The third-order valence-corrected chi connectivity index (χ3v) is 4.76. The first-order valence-electron chi connectivity index (χ1n) is 8.47. The van der Waals surface area contributed by atoms with Gasteiger partial charge in [-0.05, 0) is 37.3 Å². The molecule has 3 rings (SSSR count). The first-order valence-corrected chi connectivity index (χ1v) is 8.47. The number of para-hydroxylation sites is 1. The Morgan fingerprint density at radius 2 is 2.13 bits per heavy atom. The van der Waals surface area contributed by atoms with Crippen LogP contribution in [-0.4, -0.2) is 54.4 Å². The van der Waals surface area contributed by atoms with E-state index in [0.29, 0.717) is 32.6 Å². The van der Waals surface area contributed by atoms with Crippen LogP contribution in [0.2, 0.25) is 0 Å². The van der Waals surface area contributed by atoms with Gasteiger partial charge in [-0.25, -0.2) is 0 Å². The third kappa shape index (κ3) is 4.03. The number of benzene rings is 1. The van der Waals surface area contributed by atoms with Crippen molar-refractivity contribution >= 4 is 5.91 Å². The second-order valence-corrected chi connectivity index (χ2v) is 6.35. The van der Waals surface area contributed by atoms with E-state index in [2.05, 4.69) is 0 Å². The fraction of sp³-hybridized carbons (Fsp3) is 0.611. The Morgan fingerprint density at radius 3 is 2.91 bits per heavy atom. The molecule has 2 fully saturated rings. The van der Waals surface area contributed by atoms with Gasteiger partial charge in [-0.1, -0.05) is 18.2 Å². The molecule has 3 atom stereocenters. The molecule has 5 nitrogen and oxygen atoms in total. The smallest absolute Gasteiger partial charge is 0.223 e. The van der Waals surface area contributed by atoms with Crippen molar-refractivity contribution < 1.29 is 19.4 Å². The lowest BCUT2D eigenvalue weighted by Crippen LogP contribution is -2.51. The molecule has 2 aliphatic rings. The highest BCUT2D eigenvalue weighted by atomic mass is 16.5. The average Bonchev–Trinajstić information content (AvgIpc) is 3.02. The summed E-state index contributed by atoms with van der Waals surface area (Å²) in [7, 11) is 0. The molecule has 23 heavy (non-hydrogen) atoms. The van der Waals surface area contributed by atoms with Gasteiger partial charge in [0.2, 0.25) is 5.91 Å². The Morgan fingerprint density at radius 1 is 1.30 bits per heavy atom. The van der Waals surface area contributed by atoms with E-state index in [-0.39, 0.29) is 30.6 Å². The normalized spacial score (nSPS) is 26.8. The van der Waals surface area contributed by atoms with Crippen molar-refractivity contribution in [3.63, 3.8) is 0 Å². The van der Waals surface area contributed by atoms with Crippen LogP contribution in [0.15, 0.2) is 30.3 Å². The van der Waals surface area contributed by atoms with E-state index in [4.69, 9.17) is 9.47 Å². The molecule has 0 unspecified atom stereocenters. The van der Waals surface area contributed by atoms with Gasteiger partial charge in [0.05, 0.1) is 25.4 Å². The molecule has 1 aliphatic heterocycles. The maximum absolute atomic E-state index is 12.5. The maximum Gasteiger partial charge on any atom is 0.223 e. The lowest BCUT2D eigenvalue weighted by molar-refractivity contribution is -0.144. The van der Waals surface area contributed by atoms with Crippen molar-refractivity contribution in [2.75, 3.05) is 26.4 Å². The van der Waals surface area contributed by atoms with Gasteiger partial charge in [0.25, 0.3) is 0 Å². The van der Waals surface area contributed by atoms with Crippen molar-refractivity contribution in [1.82, 2.24) is 4.90 Å².